The van der Waals surface area contributed by atoms with E-state index in [-0.39, 0.29) is 5.54 Å². The second kappa shape index (κ2) is 5.23. The van der Waals surface area contributed by atoms with Crippen LogP contribution >= 0.6 is 23.1 Å². The molecule has 1 unspecified atom stereocenters. The number of thioether (sulfide) groups is 1. The first-order valence-corrected chi connectivity index (χ1v) is 7.56. The Balaban J connectivity index is 1.81. The second-order valence-corrected chi connectivity index (χ2v) is 6.34. The molecule has 0 aliphatic carbocycles. The Labute approximate surface area is 106 Å². The number of hydrogen-bond donors (Lipinski definition) is 1. The highest BCUT2D eigenvalue weighted by molar-refractivity contribution is 8.14. The number of aliphatic imine (C=N–C) groups is 1. The second-order valence-electron chi connectivity index (χ2n) is 4.34. The van der Waals surface area contributed by atoms with Gasteiger partial charge in [0, 0.05) is 29.1 Å². The van der Waals surface area contributed by atoms with Crippen LogP contribution in [0.5, 0.6) is 0 Å². The molecule has 2 rings (SSSR count). The van der Waals surface area contributed by atoms with E-state index in [4.69, 9.17) is 0 Å². The summed E-state index contributed by atoms with van der Waals surface area (Å²) in [6.45, 7) is 5.39. The smallest absolute Gasteiger partial charge is 0.157 e. The molecule has 0 saturated carbocycles. The topological polar surface area (TPSA) is 24.4 Å². The van der Waals surface area contributed by atoms with E-state index in [0.29, 0.717) is 0 Å². The molecule has 0 bridgehead atoms. The van der Waals surface area contributed by atoms with Gasteiger partial charge in [-0.1, -0.05) is 24.8 Å². The molecule has 2 heterocycles. The molecule has 1 N–H and O–H groups in total. The molecule has 1 atom stereocenters. The molecule has 1 aromatic rings. The Kier molecular flexibility index (Phi) is 3.92. The fraction of sp³-hybridized carbons (Fsp3) is 0.583. The zero-order valence-corrected chi connectivity index (χ0v) is 11.5. The van der Waals surface area contributed by atoms with Crippen molar-refractivity contribution in [3.05, 3.63) is 22.4 Å². The normalized spacial score (nSPS) is 27.2. The first kappa shape index (κ1) is 12.0. The van der Waals surface area contributed by atoms with E-state index in [1.807, 2.05) is 23.1 Å². The summed E-state index contributed by atoms with van der Waals surface area (Å²) in [5.74, 6) is 1.14. The zero-order valence-electron chi connectivity index (χ0n) is 9.82. The van der Waals surface area contributed by atoms with E-state index in [1.54, 1.807) is 0 Å². The van der Waals surface area contributed by atoms with Gasteiger partial charge in [0.15, 0.2) is 5.17 Å². The fourth-order valence-corrected chi connectivity index (χ4v) is 3.49. The highest BCUT2D eigenvalue weighted by Crippen LogP contribution is 2.25. The summed E-state index contributed by atoms with van der Waals surface area (Å²) in [4.78, 5) is 6.04. The Morgan fingerprint density at radius 2 is 2.44 bits per heavy atom. The first-order chi connectivity index (χ1) is 7.72. The lowest BCUT2D eigenvalue weighted by Crippen LogP contribution is -2.39. The van der Waals surface area contributed by atoms with Crippen LogP contribution in [0.2, 0.25) is 0 Å². The highest BCUT2D eigenvalue weighted by Gasteiger charge is 2.30. The molecule has 1 aliphatic rings. The summed E-state index contributed by atoms with van der Waals surface area (Å²) < 4.78 is 0. The molecule has 1 aromatic heterocycles. The van der Waals surface area contributed by atoms with Crippen molar-refractivity contribution < 1.29 is 0 Å². The molecule has 0 radical (unpaired) electrons. The van der Waals surface area contributed by atoms with Gasteiger partial charge in [-0.3, -0.25) is 4.99 Å². The van der Waals surface area contributed by atoms with E-state index in [2.05, 4.69) is 41.7 Å². The van der Waals surface area contributed by atoms with E-state index in [9.17, 15) is 0 Å². The van der Waals surface area contributed by atoms with Gasteiger partial charge in [0.25, 0.3) is 0 Å². The molecule has 16 heavy (non-hydrogen) atoms. The summed E-state index contributed by atoms with van der Waals surface area (Å²) in [5, 5.41) is 6.76. The largest absolute Gasteiger partial charge is 0.359 e. The number of nitrogens with one attached hydrogen (secondary N) is 1. The fourth-order valence-electron chi connectivity index (χ4n) is 1.56. The van der Waals surface area contributed by atoms with Crippen LogP contribution in [0.1, 0.15) is 25.1 Å². The Morgan fingerprint density at radius 3 is 3.06 bits per heavy atom. The SMILES string of the molecule is CCC1(C)CSC(=NCCc2cccs2)N1. The highest BCUT2D eigenvalue weighted by atomic mass is 32.2. The average Bonchev–Trinajstić information content (AvgIpc) is 2.90. The molecular weight excluding hydrogens is 236 g/mol. The van der Waals surface area contributed by atoms with Crippen molar-refractivity contribution in [2.45, 2.75) is 32.2 Å². The van der Waals surface area contributed by atoms with Gasteiger partial charge in [0.05, 0.1) is 0 Å². The maximum atomic E-state index is 4.62. The predicted molar refractivity (Wildman–Crippen MR) is 74.6 cm³/mol. The number of hydrogen-bond acceptors (Lipinski definition) is 3. The van der Waals surface area contributed by atoms with E-state index < -0.39 is 0 Å². The molecule has 88 valence electrons. The van der Waals surface area contributed by atoms with Crippen molar-refractivity contribution in [1.29, 1.82) is 0 Å². The molecule has 0 amide bonds. The van der Waals surface area contributed by atoms with E-state index in [1.165, 1.54) is 4.88 Å². The maximum Gasteiger partial charge on any atom is 0.157 e. The van der Waals surface area contributed by atoms with Crippen molar-refractivity contribution in [3.63, 3.8) is 0 Å². The molecule has 2 nitrogen and oxygen atoms in total. The Morgan fingerprint density at radius 1 is 1.56 bits per heavy atom. The molecule has 1 fully saturated rings. The van der Waals surface area contributed by atoms with Crippen LogP contribution < -0.4 is 5.32 Å². The van der Waals surface area contributed by atoms with Crippen LogP contribution in [-0.4, -0.2) is 23.0 Å². The average molecular weight is 254 g/mol. The van der Waals surface area contributed by atoms with Crippen molar-refractivity contribution in [3.8, 4) is 0 Å². The molecule has 4 heteroatoms. The summed E-state index contributed by atoms with van der Waals surface area (Å²) in [5.41, 5.74) is 0.256. The van der Waals surface area contributed by atoms with Gasteiger partial charge in [-0.25, -0.2) is 0 Å². The van der Waals surface area contributed by atoms with Crippen LogP contribution in [0, 0.1) is 0 Å². The third kappa shape index (κ3) is 3.01. The predicted octanol–water partition coefficient (Wildman–Crippen LogP) is 3.15. The van der Waals surface area contributed by atoms with Crippen LogP contribution in [-0.2, 0) is 6.42 Å². The van der Waals surface area contributed by atoms with Crippen molar-refractivity contribution >= 4 is 28.3 Å². The summed E-state index contributed by atoms with van der Waals surface area (Å²) in [7, 11) is 0. The van der Waals surface area contributed by atoms with Gasteiger partial charge in [-0.15, -0.1) is 11.3 Å². The van der Waals surface area contributed by atoms with Gasteiger partial charge in [-0.05, 0) is 24.8 Å². The minimum Gasteiger partial charge on any atom is -0.359 e. The lowest BCUT2D eigenvalue weighted by atomic mass is 10.0. The summed E-state index contributed by atoms with van der Waals surface area (Å²) in [6, 6.07) is 4.28. The minimum atomic E-state index is 0.256. The lowest BCUT2D eigenvalue weighted by molar-refractivity contribution is 0.466. The third-order valence-electron chi connectivity index (χ3n) is 2.91. The third-order valence-corrected chi connectivity index (χ3v) is 5.13. The van der Waals surface area contributed by atoms with Gasteiger partial charge < -0.3 is 5.32 Å². The van der Waals surface area contributed by atoms with Crippen molar-refractivity contribution in [2.24, 2.45) is 4.99 Å². The number of thiophene rings is 1. The van der Waals surface area contributed by atoms with Crippen LogP contribution in [0.15, 0.2) is 22.5 Å². The molecule has 0 spiro atoms. The quantitative estimate of drug-likeness (QED) is 0.892. The minimum absolute atomic E-state index is 0.256. The van der Waals surface area contributed by atoms with Gasteiger partial charge in [-0.2, -0.15) is 0 Å². The van der Waals surface area contributed by atoms with E-state index in [0.717, 1.165) is 30.3 Å². The number of amidine groups is 1. The lowest BCUT2D eigenvalue weighted by Gasteiger charge is -2.20. The van der Waals surface area contributed by atoms with Crippen LogP contribution in [0.3, 0.4) is 0 Å². The zero-order chi connectivity index (χ0) is 11.4. The van der Waals surface area contributed by atoms with Gasteiger partial charge >= 0.3 is 0 Å². The Hall–Kier alpha value is -0.480. The van der Waals surface area contributed by atoms with Crippen LogP contribution in [0.4, 0.5) is 0 Å². The summed E-state index contributed by atoms with van der Waals surface area (Å²) in [6.07, 6.45) is 2.22. The summed E-state index contributed by atoms with van der Waals surface area (Å²) >= 11 is 3.67. The monoisotopic (exact) mass is 254 g/mol. The molecular formula is C12H18N2S2. The number of nitrogens with zero attached hydrogens (tertiary/aromatic N) is 1. The first-order valence-electron chi connectivity index (χ1n) is 5.70. The molecule has 0 aromatic carbocycles. The van der Waals surface area contributed by atoms with Crippen LogP contribution in [0.25, 0.3) is 0 Å². The molecule has 1 aliphatic heterocycles. The van der Waals surface area contributed by atoms with Crippen molar-refractivity contribution in [1.82, 2.24) is 5.32 Å². The standard InChI is InChI=1S/C12H18N2S2/c1-3-12(2)9-16-11(14-12)13-7-6-10-5-4-8-15-10/h4-5,8H,3,6-7,9H2,1-2H3,(H,13,14). The maximum absolute atomic E-state index is 4.62. The van der Waals surface area contributed by atoms with E-state index >= 15 is 0 Å². The molecule has 1 saturated heterocycles. The number of rotatable bonds is 4. The Bertz CT molecular complexity index is 359. The van der Waals surface area contributed by atoms with Gasteiger partial charge in [0.2, 0.25) is 0 Å². The van der Waals surface area contributed by atoms with Crippen molar-refractivity contribution in [2.75, 3.05) is 12.3 Å². The van der Waals surface area contributed by atoms with Gasteiger partial charge in [0.1, 0.15) is 0 Å².